The lowest BCUT2D eigenvalue weighted by Crippen LogP contribution is -2.10. The molecule has 0 unspecified atom stereocenters. The number of carbonyl (C=O) groups is 1. The van der Waals surface area contributed by atoms with E-state index in [4.69, 9.17) is 17.3 Å². The van der Waals surface area contributed by atoms with Crippen LogP contribution in [0.5, 0.6) is 0 Å². The molecule has 2 aromatic carbocycles. The van der Waals surface area contributed by atoms with E-state index in [-0.39, 0.29) is 17.2 Å². The average Bonchev–Trinajstić information content (AvgIpc) is 2.43. The molecular weight excluding hydrogens is 277 g/mol. The fourth-order valence-corrected chi connectivity index (χ4v) is 2.20. The normalized spacial score (nSPS) is 10.6. The zero-order valence-electron chi connectivity index (χ0n) is 10.9. The summed E-state index contributed by atoms with van der Waals surface area (Å²) in [4.78, 5) is 12.0. The maximum atomic E-state index is 13.3. The van der Waals surface area contributed by atoms with Crippen molar-refractivity contribution in [3.8, 4) is 0 Å². The second-order valence-corrected chi connectivity index (χ2v) is 5.02. The van der Waals surface area contributed by atoms with Crippen LogP contribution in [0.3, 0.4) is 0 Å². The Morgan fingerprint density at radius 2 is 1.80 bits per heavy atom. The second-order valence-electron chi connectivity index (χ2n) is 4.61. The number of ketones is 1. The first kappa shape index (κ1) is 14.7. The van der Waals surface area contributed by atoms with E-state index in [1.165, 1.54) is 12.1 Å². The molecular formula is C16H15ClFNO. The van der Waals surface area contributed by atoms with Gasteiger partial charge in [0.05, 0.1) is 5.02 Å². The first-order chi connectivity index (χ1) is 9.60. The lowest BCUT2D eigenvalue weighted by Gasteiger charge is -2.07. The van der Waals surface area contributed by atoms with Crippen LogP contribution in [0, 0.1) is 5.82 Å². The molecule has 2 aromatic rings. The predicted molar refractivity (Wildman–Crippen MR) is 78.2 cm³/mol. The summed E-state index contributed by atoms with van der Waals surface area (Å²) < 4.78 is 13.3. The summed E-state index contributed by atoms with van der Waals surface area (Å²) in [7, 11) is 0. The van der Waals surface area contributed by atoms with Gasteiger partial charge in [-0.15, -0.1) is 0 Å². The Balaban J connectivity index is 2.07. The van der Waals surface area contributed by atoms with Crippen molar-refractivity contribution in [3.05, 3.63) is 70.0 Å². The first-order valence-corrected chi connectivity index (χ1v) is 6.70. The summed E-state index contributed by atoms with van der Waals surface area (Å²) in [6, 6.07) is 12.0. The lowest BCUT2D eigenvalue weighted by atomic mass is 9.99. The molecule has 0 radical (unpaired) electrons. The van der Waals surface area contributed by atoms with Crippen molar-refractivity contribution in [1.29, 1.82) is 0 Å². The Morgan fingerprint density at radius 1 is 1.10 bits per heavy atom. The fourth-order valence-electron chi connectivity index (χ4n) is 2.08. The number of carbonyl (C=O) groups excluding carboxylic acids is 1. The summed E-state index contributed by atoms with van der Waals surface area (Å²) in [5.74, 6) is -0.480. The van der Waals surface area contributed by atoms with E-state index < -0.39 is 5.82 Å². The highest BCUT2D eigenvalue weighted by molar-refractivity contribution is 6.30. The molecule has 0 aliphatic carbocycles. The van der Waals surface area contributed by atoms with Crippen molar-refractivity contribution in [3.63, 3.8) is 0 Å². The molecule has 0 heterocycles. The maximum Gasteiger partial charge on any atom is 0.142 e. The van der Waals surface area contributed by atoms with Crippen LogP contribution in [0.25, 0.3) is 0 Å². The van der Waals surface area contributed by atoms with Crippen LogP contribution in [0.1, 0.15) is 16.7 Å². The molecule has 0 aromatic heterocycles. The monoisotopic (exact) mass is 291 g/mol. The van der Waals surface area contributed by atoms with Gasteiger partial charge in [0.25, 0.3) is 0 Å². The molecule has 0 saturated heterocycles. The Hall–Kier alpha value is -1.71. The van der Waals surface area contributed by atoms with Gasteiger partial charge in [0.1, 0.15) is 11.6 Å². The minimum Gasteiger partial charge on any atom is -0.326 e. The van der Waals surface area contributed by atoms with Crippen molar-refractivity contribution in [2.75, 3.05) is 0 Å². The van der Waals surface area contributed by atoms with Crippen LogP contribution in [-0.2, 0) is 24.2 Å². The summed E-state index contributed by atoms with van der Waals surface area (Å²) in [5, 5.41) is 0.0645. The van der Waals surface area contributed by atoms with E-state index in [0.29, 0.717) is 18.5 Å². The molecule has 104 valence electrons. The minimum atomic E-state index is -0.501. The van der Waals surface area contributed by atoms with Crippen molar-refractivity contribution < 1.29 is 9.18 Å². The number of halogens is 2. The van der Waals surface area contributed by atoms with E-state index in [9.17, 15) is 9.18 Å². The van der Waals surface area contributed by atoms with Crippen LogP contribution in [-0.4, -0.2) is 5.78 Å². The molecule has 0 saturated carbocycles. The molecule has 2 rings (SSSR count). The van der Waals surface area contributed by atoms with Crippen molar-refractivity contribution in [1.82, 2.24) is 0 Å². The highest BCUT2D eigenvalue weighted by Gasteiger charge is 2.09. The maximum absolute atomic E-state index is 13.3. The first-order valence-electron chi connectivity index (χ1n) is 6.32. The smallest absolute Gasteiger partial charge is 0.142 e. The number of nitrogens with two attached hydrogens (primary N) is 1. The van der Waals surface area contributed by atoms with Gasteiger partial charge in [-0.05, 0) is 28.8 Å². The summed E-state index contributed by atoms with van der Waals surface area (Å²) in [6.07, 6.45) is 0.491. The standard InChI is InChI=1S/C16H15ClFNO/c17-15-6-5-11(8-16(15)18)7-14(20)9-12-3-1-2-4-13(12)10-19/h1-6,8H,7,9-10,19H2. The number of hydrogen-bond acceptors (Lipinski definition) is 2. The van der Waals surface area contributed by atoms with Gasteiger partial charge < -0.3 is 5.73 Å². The molecule has 2 N–H and O–H groups in total. The van der Waals surface area contributed by atoms with Gasteiger partial charge in [-0.25, -0.2) is 4.39 Å². The van der Waals surface area contributed by atoms with Crippen LogP contribution < -0.4 is 5.73 Å². The van der Waals surface area contributed by atoms with Crippen LogP contribution in [0.15, 0.2) is 42.5 Å². The Kier molecular flexibility index (Phi) is 4.88. The number of Topliss-reactive ketones (excluding diaryl/α,β-unsaturated/α-hetero) is 1. The topological polar surface area (TPSA) is 43.1 Å². The molecule has 4 heteroatoms. The number of hydrogen-bond donors (Lipinski definition) is 1. The Morgan fingerprint density at radius 3 is 2.45 bits per heavy atom. The van der Waals surface area contributed by atoms with Crippen LogP contribution >= 0.6 is 11.6 Å². The zero-order valence-corrected chi connectivity index (χ0v) is 11.7. The van der Waals surface area contributed by atoms with Crippen molar-refractivity contribution in [2.24, 2.45) is 5.73 Å². The van der Waals surface area contributed by atoms with Gasteiger partial charge in [0.2, 0.25) is 0 Å². The van der Waals surface area contributed by atoms with Gasteiger partial charge in [-0.3, -0.25) is 4.79 Å². The van der Waals surface area contributed by atoms with E-state index in [1.807, 2.05) is 24.3 Å². The SMILES string of the molecule is NCc1ccccc1CC(=O)Cc1ccc(Cl)c(F)c1. The van der Waals surface area contributed by atoms with Crippen molar-refractivity contribution >= 4 is 17.4 Å². The van der Waals surface area contributed by atoms with Gasteiger partial charge in [-0.1, -0.05) is 41.9 Å². The van der Waals surface area contributed by atoms with Gasteiger partial charge in [-0.2, -0.15) is 0 Å². The highest BCUT2D eigenvalue weighted by atomic mass is 35.5. The molecule has 20 heavy (non-hydrogen) atoms. The lowest BCUT2D eigenvalue weighted by molar-refractivity contribution is -0.117. The van der Waals surface area contributed by atoms with E-state index in [0.717, 1.165) is 11.1 Å². The average molecular weight is 292 g/mol. The predicted octanol–water partition coefficient (Wildman–Crippen LogP) is 3.29. The molecule has 0 fully saturated rings. The highest BCUT2D eigenvalue weighted by Crippen LogP contribution is 2.17. The van der Waals surface area contributed by atoms with Gasteiger partial charge >= 0.3 is 0 Å². The van der Waals surface area contributed by atoms with Gasteiger partial charge in [0.15, 0.2) is 0 Å². The Bertz CT molecular complexity index is 628. The van der Waals surface area contributed by atoms with Crippen molar-refractivity contribution in [2.45, 2.75) is 19.4 Å². The largest absolute Gasteiger partial charge is 0.326 e. The molecule has 0 bridgehead atoms. The summed E-state index contributed by atoms with van der Waals surface area (Å²) in [5.41, 5.74) is 8.15. The molecule has 0 aliphatic heterocycles. The molecule has 0 aliphatic rings. The molecule has 2 nitrogen and oxygen atoms in total. The van der Waals surface area contributed by atoms with E-state index >= 15 is 0 Å². The minimum absolute atomic E-state index is 0.0209. The van der Waals surface area contributed by atoms with Crippen LogP contribution in [0.2, 0.25) is 5.02 Å². The molecule has 0 atom stereocenters. The zero-order chi connectivity index (χ0) is 14.5. The number of benzene rings is 2. The van der Waals surface area contributed by atoms with E-state index in [1.54, 1.807) is 6.07 Å². The fraction of sp³-hybridized carbons (Fsp3) is 0.188. The second kappa shape index (κ2) is 6.64. The molecule has 0 amide bonds. The third kappa shape index (κ3) is 3.65. The van der Waals surface area contributed by atoms with E-state index in [2.05, 4.69) is 0 Å². The third-order valence-electron chi connectivity index (χ3n) is 3.11. The quantitative estimate of drug-likeness (QED) is 0.918. The third-order valence-corrected chi connectivity index (χ3v) is 3.42. The summed E-state index contributed by atoms with van der Waals surface area (Å²) >= 11 is 5.61. The Labute approximate surface area is 122 Å². The molecule has 0 spiro atoms. The summed E-state index contributed by atoms with van der Waals surface area (Å²) in [6.45, 7) is 0.402. The number of rotatable bonds is 5. The van der Waals surface area contributed by atoms with Crippen LogP contribution in [0.4, 0.5) is 4.39 Å². The van der Waals surface area contributed by atoms with Gasteiger partial charge in [0, 0.05) is 19.4 Å².